The van der Waals surface area contributed by atoms with Gasteiger partial charge in [0.25, 0.3) is 0 Å². The van der Waals surface area contributed by atoms with E-state index >= 15 is 0 Å². The zero-order valence-electron chi connectivity index (χ0n) is 13.5. The maximum atomic E-state index is 11.8. The van der Waals surface area contributed by atoms with Crippen LogP contribution >= 0.6 is 0 Å². The van der Waals surface area contributed by atoms with Gasteiger partial charge >= 0.3 is 0 Å². The van der Waals surface area contributed by atoms with Crippen molar-refractivity contribution < 1.29 is 19.4 Å². The summed E-state index contributed by atoms with van der Waals surface area (Å²) in [7, 11) is 1.50. The number of fused-ring (bicyclic) bond motifs is 1. The molecule has 2 unspecified atom stereocenters. The lowest BCUT2D eigenvalue weighted by Gasteiger charge is -2.29. The van der Waals surface area contributed by atoms with Gasteiger partial charge in [-0.3, -0.25) is 4.79 Å². The third-order valence-electron chi connectivity index (χ3n) is 3.91. The lowest BCUT2D eigenvalue weighted by molar-refractivity contribution is -0.125. The average Bonchev–Trinajstić information content (AvgIpc) is 2.48. The second kappa shape index (κ2) is 7.61. The second-order valence-corrected chi connectivity index (χ2v) is 5.75. The number of aryl methyl sites for hydroxylation is 1. The molecule has 22 heavy (non-hydrogen) atoms. The van der Waals surface area contributed by atoms with Gasteiger partial charge in [-0.1, -0.05) is 13.3 Å². The van der Waals surface area contributed by atoms with E-state index in [0.29, 0.717) is 6.61 Å². The first-order valence-corrected chi connectivity index (χ1v) is 7.80. The molecule has 5 heteroatoms. The van der Waals surface area contributed by atoms with Gasteiger partial charge in [-0.05, 0) is 36.6 Å². The highest BCUT2D eigenvalue weighted by Crippen LogP contribution is 2.37. The van der Waals surface area contributed by atoms with Crippen molar-refractivity contribution in [1.29, 1.82) is 0 Å². The molecule has 0 bridgehead atoms. The Labute approximate surface area is 131 Å². The van der Waals surface area contributed by atoms with Crippen LogP contribution in [0.4, 0.5) is 0 Å². The van der Waals surface area contributed by atoms with E-state index in [1.165, 1.54) is 7.11 Å². The maximum absolute atomic E-state index is 11.8. The Bertz CT molecular complexity index is 530. The largest absolute Gasteiger partial charge is 0.493 e. The van der Waals surface area contributed by atoms with Crippen LogP contribution in [-0.4, -0.2) is 31.3 Å². The van der Waals surface area contributed by atoms with Gasteiger partial charge in [0.2, 0.25) is 5.91 Å². The van der Waals surface area contributed by atoms with Crippen molar-refractivity contribution in [3.05, 3.63) is 28.8 Å². The van der Waals surface area contributed by atoms with Gasteiger partial charge in [0.1, 0.15) is 12.4 Å². The van der Waals surface area contributed by atoms with Gasteiger partial charge in [-0.15, -0.1) is 0 Å². The quantitative estimate of drug-likeness (QED) is 0.847. The summed E-state index contributed by atoms with van der Waals surface area (Å²) in [5.41, 5.74) is 2.82. The number of carbonyl (C=O) groups excluding carboxylic acids is 1. The highest BCUT2D eigenvalue weighted by Gasteiger charge is 2.26. The van der Waals surface area contributed by atoms with Crippen molar-refractivity contribution in [3.8, 4) is 5.75 Å². The van der Waals surface area contributed by atoms with Gasteiger partial charge in [0, 0.05) is 19.1 Å². The summed E-state index contributed by atoms with van der Waals surface area (Å²) in [6.07, 6.45) is 1.88. The number of ether oxygens (including phenoxy) is 2. The monoisotopic (exact) mass is 307 g/mol. The first-order valence-electron chi connectivity index (χ1n) is 7.80. The van der Waals surface area contributed by atoms with Crippen molar-refractivity contribution in [2.24, 2.45) is 0 Å². The smallest absolute Gasteiger partial charge is 0.246 e. The number of aliphatic hydroxyl groups excluding tert-OH is 1. The normalized spacial score (nSPS) is 18.3. The molecule has 1 aromatic rings. The molecule has 5 nitrogen and oxygen atoms in total. The summed E-state index contributed by atoms with van der Waals surface area (Å²) in [5.74, 6) is 0.680. The molecule has 1 aromatic carbocycles. The van der Waals surface area contributed by atoms with Crippen LogP contribution in [0.5, 0.6) is 5.75 Å². The van der Waals surface area contributed by atoms with Gasteiger partial charge in [0.05, 0.1) is 18.8 Å². The molecule has 2 atom stereocenters. The molecule has 2 N–H and O–H groups in total. The second-order valence-electron chi connectivity index (χ2n) is 5.75. The summed E-state index contributed by atoms with van der Waals surface area (Å²) in [6.45, 7) is 4.64. The number of carbonyl (C=O) groups is 1. The molecular weight excluding hydrogens is 282 g/mol. The molecule has 0 aromatic heterocycles. The van der Waals surface area contributed by atoms with Gasteiger partial charge in [-0.2, -0.15) is 0 Å². The first-order chi connectivity index (χ1) is 10.6. The van der Waals surface area contributed by atoms with Crippen LogP contribution in [0.1, 0.15) is 55.0 Å². The molecule has 0 radical (unpaired) electrons. The van der Waals surface area contributed by atoms with Crippen molar-refractivity contribution in [2.75, 3.05) is 20.3 Å². The average molecular weight is 307 g/mol. The van der Waals surface area contributed by atoms with Crippen molar-refractivity contribution in [2.45, 2.75) is 45.3 Å². The van der Waals surface area contributed by atoms with E-state index in [1.54, 1.807) is 0 Å². The van der Waals surface area contributed by atoms with Crippen LogP contribution in [0.25, 0.3) is 0 Å². The molecule has 1 aliphatic rings. The minimum absolute atomic E-state index is 0.0455. The Hall–Kier alpha value is -1.59. The number of nitrogens with one attached hydrogen (secondary N) is 1. The number of rotatable bonds is 6. The highest BCUT2D eigenvalue weighted by molar-refractivity contribution is 5.78. The summed E-state index contributed by atoms with van der Waals surface area (Å²) in [6, 6.07) is 3.83. The molecule has 0 saturated heterocycles. The Kier molecular flexibility index (Phi) is 5.80. The lowest BCUT2D eigenvalue weighted by atomic mass is 9.92. The van der Waals surface area contributed by atoms with E-state index in [0.717, 1.165) is 41.7 Å². The Morgan fingerprint density at radius 3 is 3.00 bits per heavy atom. The number of hydrogen-bond donors (Lipinski definition) is 2. The SMILES string of the molecule is CCCC(O)c1cc(C)c2c(c1)C(NC(=O)COC)CCO2. The first kappa shape index (κ1) is 16.8. The van der Waals surface area contributed by atoms with Crippen LogP contribution in [0.15, 0.2) is 12.1 Å². The van der Waals surface area contributed by atoms with E-state index in [-0.39, 0.29) is 18.6 Å². The van der Waals surface area contributed by atoms with E-state index in [9.17, 15) is 9.90 Å². The van der Waals surface area contributed by atoms with Crippen LogP contribution in [0.2, 0.25) is 0 Å². The Morgan fingerprint density at radius 1 is 1.55 bits per heavy atom. The van der Waals surface area contributed by atoms with Crippen LogP contribution in [0, 0.1) is 6.92 Å². The molecule has 0 aliphatic carbocycles. The molecule has 0 saturated carbocycles. The van der Waals surface area contributed by atoms with Crippen molar-refractivity contribution in [3.63, 3.8) is 0 Å². The minimum atomic E-state index is -0.480. The third kappa shape index (κ3) is 3.78. The molecule has 0 spiro atoms. The summed E-state index contributed by atoms with van der Waals surface area (Å²) < 4.78 is 10.6. The van der Waals surface area contributed by atoms with Crippen LogP contribution < -0.4 is 10.1 Å². The minimum Gasteiger partial charge on any atom is -0.493 e. The number of benzene rings is 1. The Balaban J connectivity index is 2.29. The molecule has 2 rings (SSSR count). The standard InChI is InChI=1S/C17H25NO4/c1-4-5-15(19)12-8-11(2)17-13(9-12)14(6-7-22-17)18-16(20)10-21-3/h8-9,14-15,19H,4-7,10H2,1-3H3,(H,18,20). The molecular formula is C17H25NO4. The van der Waals surface area contributed by atoms with E-state index < -0.39 is 6.10 Å². The number of amides is 1. The Morgan fingerprint density at radius 2 is 2.32 bits per heavy atom. The lowest BCUT2D eigenvalue weighted by Crippen LogP contribution is -2.34. The van der Waals surface area contributed by atoms with Crippen LogP contribution in [0.3, 0.4) is 0 Å². The van der Waals surface area contributed by atoms with Gasteiger partial charge < -0.3 is 19.9 Å². The van der Waals surface area contributed by atoms with E-state index in [4.69, 9.17) is 9.47 Å². The number of aliphatic hydroxyl groups is 1. The van der Waals surface area contributed by atoms with Gasteiger partial charge in [0.15, 0.2) is 0 Å². The predicted octanol–water partition coefficient (Wildman–Crippen LogP) is 2.41. The van der Waals surface area contributed by atoms with Gasteiger partial charge in [-0.25, -0.2) is 0 Å². The topological polar surface area (TPSA) is 67.8 Å². The third-order valence-corrected chi connectivity index (χ3v) is 3.91. The molecule has 1 aliphatic heterocycles. The molecule has 1 amide bonds. The summed E-state index contributed by atoms with van der Waals surface area (Å²) in [4.78, 5) is 11.8. The summed E-state index contributed by atoms with van der Waals surface area (Å²) in [5, 5.41) is 13.2. The molecule has 122 valence electrons. The van der Waals surface area contributed by atoms with Crippen LogP contribution in [-0.2, 0) is 9.53 Å². The maximum Gasteiger partial charge on any atom is 0.246 e. The van der Waals surface area contributed by atoms with E-state index in [1.807, 2.05) is 26.0 Å². The van der Waals surface area contributed by atoms with Crippen molar-refractivity contribution in [1.82, 2.24) is 5.32 Å². The van der Waals surface area contributed by atoms with Crippen molar-refractivity contribution >= 4 is 5.91 Å². The molecule has 1 heterocycles. The zero-order chi connectivity index (χ0) is 16.1. The fourth-order valence-corrected chi connectivity index (χ4v) is 2.87. The number of methoxy groups -OCH3 is 1. The fourth-order valence-electron chi connectivity index (χ4n) is 2.87. The zero-order valence-corrected chi connectivity index (χ0v) is 13.5. The summed E-state index contributed by atoms with van der Waals surface area (Å²) >= 11 is 0. The molecule has 0 fully saturated rings. The van der Waals surface area contributed by atoms with E-state index in [2.05, 4.69) is 5.32 Å². The number of hydrogen-bond acceptors (Lipinski definition) is 4. The predicted molar refractivity (Wildman–Crippen MR) is 83.9 cm³/mol. The fraction of sp³-hybridized carbons (Fsp3) is 0.588. The highest BCUT2D eigenvalue weighted by atomic mass is 16.5.